The molecule has 0 fully saturated rings. The van der Waals surface area contributed by atoms with Gasteiger partial charge in [0.05, 0.1) is 7.11 Å². The van der Waals surface area contributed by atoms with Crippen LogP contribution in [0.4, 0.5) is 5.69 Å². The van der Waals surface area contributed by atoms with E-state index in [9.17, 15) is 4.79 Å². The van der Waals surface area contributed by atoms with Gasteiger partial charge >= 0.3 is 0 Å². The van der Waals surface area contributed by atoms with Gasteiger partial charge in [0.25, 0.3) is 0 Å². The van der Waals surface area contributed by atoms with E-state index in [-0.39, 0.29) is 11.3 Å². The number of ether oxygens (including phenoxy) is 1. The molecule has 0 aliphatic rings. The van der Waals surface area contributed by atoms with E-state index in [0.29, 0.717) is 6.42 Å². The predicted molar refractivity (Wildman–Crippen MR) is 83.5 cm³/mol. The van der Waals surface area contributed by atoms with Crippen LogP contribution >= 0.6 is 0 Å². The topological polar surface area (TPSA) is 41.6 Å². The Morgan fingerprint density at radius 3 is 2.40 bits per heavy atom. The summed E-state index contributed by atoms with van der Waals surface area (Å²) in [5.74, 6) is 0.784. The summed E-state index contributed by atoms with van der Waals surface area (Å²) in [6.07, 6.45) is 0.481. The minimum Gasteiger partial charge on any atom is -0.497 e. The molecule has 0 bridgehead atoms. The molecule has 0 saturated carbocycles. The van der Waals surface area contributed by atoms with E-state index in [1.165, 1.54) is 0 Å². The molecule has 1 N–H and O–H groups in total. The molecule has 20 heavy (non-hydrogen) atoms. The van der Waals surface area contributed by atoms with Crippen LogP contribution < -0.4 is 10.1 Å². The molecule has 1 rings (SSSR count). The van der Waals surface area contributed by atoms with E-state index in [0.717, 1.165) is 23.5 Å². The maximum absolute atomic E-state index is 11.9. The van der Waals surface area contributed by atoms with Crippen molar-refractivity contribution in [3.05, 3.63) is 23.8 Å². The molecule has 0 heterocycles. The maximum Gasteiger partial charge on any atom is 0.225 e. The molecule has 0 saturated heterocycles. The monoisotopic (exact) mass is 278 g/mol. The maximum atomic E-state index is 11.9. The zero-order chi connectivity index (χ0) is 15.3. The van der Waals surface area contributed by atoms with Gasteiger partial charge in [0.1, 0.15) is 5.75 Å². The van der Waals surface area contributed by atoms with Crippen molar-refractivity contribution in [1.29, 1.82) is 0 Å². The first kappa shape index (κ1) is 16.5. The largest absolute Gasteiger partial charge is 0.497 e. The number of hydrogen-bond acceptors (Lipinski definition) is 3. The Morgan fingerprint density at radius 1 is 1.25 bits per heavy atom. The number of rotatable bonds is 5. The highest BCUT2D eigenvalue weighted by molar-refractivity contribution is 5.91. The molecular weight excluding hydrogens is 252 g/mol. The predicted octanol–water partition coefficient (Wildman–Crippen LogP) is 2.88. The van der Waals surface area contributed by atoms with Crippen LogP contribution in [0, 0.1) is 0 Å². The Hall–Kier alpha value is -1.55. The molecule has 1 aromatic rings. The normalized spacial score (nSPS) is 11.6. The number of nitrogens with zero attached hydrogens (tertiary/aromatic N) is 1. The SMILES string of the molecule is COc1cc(NC(=O)CCN(C)C)cc(C(C)(C)C)c1. The third-order valence-corrected chi connectivity index (χ3v) is 3.08. The fourth-order valence-electron chi connectivity index (χ4n) is 1.77. The van der Waals surface area contributed by atoms with Crippen molar-refractivity contribution >= 4 is 11.6 Å². The van der Waals surface area contributed by atoms with Crippen LogP contribution in [0.2, 0.25) is 0 Å². The summed E-state index contributed by atoms with van der Waals surface area (Å²) in [6, 6.07) is 5.87. The van der Waals surface area contributed by atoms with Gasteiger partial charge in [-0.05, 0) is 37.2 Å². The van der Waals surface area contributed by atoms with E-state index in [1.807, 2.05) is 37.2 Å². The van der Waals surface area contributed by atoms with Gasteiger partial charge in [0.15, 0.2) is 0 Å². The third-order valence-electron chi connectivity index (χ3n) is 3.08. The van der Waals surface area contributed by atoms with Gasteiger partial charge in [-0.3, -0.25) is 4.79 Å². The Bertz CT molecular complexity index is 462. The van der Waals surface area contributed by atoms with Gasteiger partial charge in [0.2, 0.25) is 5.91 Å². The molecule has 0 aliphatic carbocycles. The van der Waals surface area contributed by atoms with Crippen LogP contribution in [0.25, 0.3) is 0 Å². The van der Waals surface area contributed by atoms with E-state index in [4.69, 9.17) is 4.74 Å². The first-order valence-corrected chi connectivity index (χ1v) is 6.86. The van der Waals surface area contributed by atoms with Crippen molar-refractivity contribution in [3.8, 4) is 5.75 Å². The number of methoxy groups -OCH3 is 1. The van der Waals surface area contributed by atoms with E-state index in [2.05, 4.69) is 26.1 Å². The highest BCUT2D eigenvalue weighted by atomic mass is 16.5. The van der Waals surface area contributed by atoms with Gasteiger partial charge in [-0.25, -0.2) is 0 Å². The lowest BCUT2D eigenvalue weighted by atomic mass is 9.86. The van der Waals surface area contributed by atoms with Crippen molar-refractivity contribution in [2.75, 3.05) is 33.1 Å². The Morgan fingerprint density at radius 2 is 1.90 bits per heavy atom. The molecule has 112 valence electrons. The van der Waals surface area contributed by atoms with Gasteiger partial charge in [-0.2, -0.15) is 0 Å². The van der Waals surface area contributed by atoms with E-state index in [1.54, 1.807) is 7.11 Å². The van der Waals surface area contributed by atoms with Crippen LogP contribution in [-0.2, 0) is 10.2 Å². The van der Waals surface area contributed by atoms with Gasteiger partial charge < -0.3 is 15.0 Å². The van der Waals surface area contributed by atoms with Crippen molar-refractivity contribution in [2.45, 2.75) is 32.6 Å². The zero-order valence-corrected chi connectivity index (χ0v) is 13.4. The zero-order valence-electron chi connectivity index (χ0n) is 13.4. The van der Waals surface area contributed by atoms with Gasteiger partial charge in [-0.15, -0.1) is 0 Å². The number of hydrogen-bond donors (Lipinski definition) is 1. The van der Waals surface area contributed by atoms with Crippen LogP contribution in [0.3, 0.4) is 0 Å². The lowest BCUT2D eigenvalue weighted by Crippen LogP contribution is -2.21. The van der Waals surface area contributed by atoms with Crippen molar-refractivity contribution in [3.63, 3.8) is 0 Å². The lowest BCUT2D eigenvalue weighted by molar-refractivity contribution is -0.116. The summed E-state index contributed by atoms with van der Waals surface area (Å²) in [4.78, 5) is 13.9. The summed E-state index contributed by atoms with van der Waals surface area (Å²) < 4.78 is 5.31. The second kappa shape index (κ2) is 6.75. The number of carbonyl (C=O) groups excluding carboxylic acids is 1. The molecule has 0 unspecified atom stereocenters. The number of carbonyl (C=O) groups is 1. The minimum atomic E-state index is 0.0116. The molecule has 4 nitrogen and oxygen atoms in total. The van der Waals surface area contributed by atoms with Crippen LogP contribution in [-0.4, -0.2) is 38.6 Å². The molecular formula is C16H26N2O2. The molecule has 1 aromatic carbocycles. The third kappa shape index (κ3) is 5.21. The van der Waals surface area contributed by atoms with Crippen LogP contribution in [0.15, 0.2) is 18.2 Å². The van der Waals surface area contributed by atoms with Gasteiger partial charge in [0, 0.05) is 24.7 Å². The molecule has 0 aromatic heterocycles. The van der Waals surface area contributed by atoms with Crippen LogP contribution in [0.1, 0.15) is 32.8 Å². The quantitative estimate of drug-likeness (QED) is 0.900. The molecule has 0 atom stereocenters. The Kier molecular flexibility index (Phi) is 5.57. The number of benzene rings is 1. The number of nitrogens with one attached hydrogen (secondary N) is 1. The van der Waals surface area contributed by atoms with E-state index >= 15 is 0 Å². The molecule has 1 amide bonds. The number of anilines is 1. The lowest BCUT2D eigenvalue weighted by Gasteiger charge is -2.21. The summed E-state index contributed by atoms with van der Waals surface area (Å²) in [5, 5.41) is 2.94. The summed E-state index contributed by atoms with van der Waals surface area (Å²) in [6.45, 7) is 7.15. The van der Waals surface area contributed by atoms with Crippen molar-refractivity contribution < 1.29 is 9.53 Å². The highest BCUT2D eigenvalue weighted by Crippen LogP contribution is 2.29. The molecule has 4 heteroatoms. The fourth-order valence-corrected chi connectivity index (χ4v) is 1.77. The average Bonchev–Trinajstić information content (AvgIpc) is 2.34. The first-order chi connectivity index (χ1) is 9.22. The van der Waals surface area contributed by atoms with E-state index < -0.39 is 0 Å². The van der Waals surface area contributed by atoms with Gasteiger partial charge in [-0.1, -0.05) is 20.8 Å². The highest BCUT2D eigenvalue weighted by Gasteiger charge is 2.16. The van der Waals surface area contributed by atoms with Crippen LogP contribution in [0.5, 0.6) is 5.75 Å². The second-order valence-electron chi connectivity index (χ2n) is 6.30. The number of amides is 1. The Labute approximate surface area is 122 Å². The first-order valence-electron chi connectivity index (χ1n) is 6.86. The average molecular weight is 278 g/mol. The summed E-state index contributed by atoms with van der Waals surface area (Å²) in [7, 11) is 5.55. The molecule has 0 spiro atoms. The molecule has 0 radical (unpaired) electrons. The Balaban J connectivity index is 2.86. The summed E-state index contributed by atoms with van der Waals surface area (Å²) >= 11 is 0. The minimum absolute atomic E-state index is 0.0116. The summed E-state index contributed by atoms with van der Waals surface area (Å²) in [5.41, 5.74) is 1.94. The van der Waals surface area contributed by atoms with Crippen molar-refractivity contribution in [2.24, 2.45) is 0 Å². The smallest absolute Gasteiger partial charge is 0.225 e. The fraction of sp³-hybridized carbons (Fsp3) is 0.562. The standard InChI is InChI=1S/C16H26N2O2/c1-16(2,3)12-9-13(11-14(10-12)20-6)17-15(19)7-8-18(4)5/h9-11H,7-8H2,1-6H3,(H,17,19). The molecule has 0 aliphatic heterocycles. The van der Waals surface area contributed by atoms with Crippen molar-refractivity contribution in [1.82, 2.24) is 4.90 Å². The second-order valence-corrected chi connectivity index (χ2v) is 6.30.